The molecule has 0 radical (unpaired) electrons. The molecule has 2 aromatic heterocycles. The van der Waals surface area contributed by atoms with Crippen molar-refractivity contribution < 1.29 is 0 Å². The van der Waals surface area contributed by atoms with E-state index < -0.39 is 0 Å². The van der Waals surface area contributed by atoms with E-state index in [-0.39, 0.29) is 0 Å². The van der Waals surface area contributed by atoms with E-state index in [1.807, 2.05) is 0 Å². The summed E-state index contributed by atoms with van der Waals surface area (Å²) in [4.78, 5) is 5.00. The molecule has 0 aliphatic heterocycles. The van der Waals surface area contributed by atoms with Crippen molar-refractivity contribution in [3.8, 4) is 11.1 Å². The number of hydrogen-bond donors (Lipinski definition) is 2. The van der Waals surface area contributed by atoms with Gasteiger partial charge in [-0.05, 0) is 76.6 Å². The summed E-state index contributed by atoms with van der Waals surface area (Å²) < 4.78 is 2.31. The standard InChI is InChI=1S/C26H36N4/c1-16-13-17(2)24(18(3)14-16)25-20(5)21(6)30-23(15-19(4)29-26(25)30)28-12-11-27-22-9-7-8-10-22/h13-15,22,27-28H,7-12H2,1-6H3. The molecule has 0 spiro atoms. The minimum atomic E-state index is 0.709. The van der Waals surface area contributed by atoms with Crippen LogP contribution >= 0.6 is 0 Å². The van der Waals surface area contributed by atoms with Gasteiger partial charge in [0.25, 0.3) is 0 Å². The Balaban J connectivity index is 1.71. The van der Waals surface area contributed by atoms with Crippen molar-refractivity contribution in [1.82, 2.24) is 14.7 Å². The molecule has 2 N–H and O–H groups in total. The molecule has 160 valence electrons. The Morgan fingerprint density at radius 3 is 2.23 bits per heavy atom. The van der Waals surface area contributed by atoms with Crippen LogP contribution in [0.3, 0.4) is 0 Å². The highest BCUT2D eigenvalue weighted by atomic mass is 15.1. The van der Waals surface area contributed by atoms with Gasteiger partial charge in [-0.25, -0.2) is 4.98 Å². The van der Waals surface area contributed by atoms with Crippen LogP contribution in [0.1, 0.15) is 59.3 Å². The monoisotopic (exact) mass is 404 g/mol. The first-order valence-electron chi connectivity index (χ1n) is 11.4. The summed E-state index contributed by atoms with van der Waals surface area (Å²) in [7, 11) is 0. The molecule has 1 aliphatic carbocycles. The van der Waals surface area contributed by atoms with Crippen LogP contribution in [-0.4, -0.2) is 28.5 Å². The smallest absolute Gasteiger partial charge is 0.146 e. The fourth-order valence-corrected chi connectivity index (χ4v) is 5.25. The van der Waals surface area contributed by atoms with Gasteiger partial charge in [-0.1, -0.05) is 30.5 Å². The number of aryl methyl sites for hydroxylation is 5. The second kappa shape index (κ2) is 8.43. The second-order valence-electron chi connectivity index (χ2n) is 9.16. The van der Waals surface area contributed by atoms with E-state index in [1.165, 1.54) is 64.8 Å². The van der Waals surface area contributed by atoms with Crippen molar-refractivity contribution >= 4 is 11.5 Å². The molecule has 3 aromatic rings. The summed E-state index contributed by atoms with van der Waals surface area (Å²) in [6, 6.07) is 7.45. The zero-order valence-electron chi connectivity index (χ0n) is 19.4. The van der Waals surface area contributed by atoms with Crippen LogP contribution in [0.4, 0.5) is 5.82 Å². The predicted molar refractivity (Wildman–Crippen MR) is 128 cm³/mol. The first kappa shape index (κ1) is 20.9. The minimum absolute atomic E-state index is 0.709. The number of benzene rings is 1. The summed E-state index contributed by atoms with van der Waals surface area (Å²) in [6.45, 7) is 15.1. The summed E-state index contributed by atoms with van der Waals surface area (Å²) in [5.74, 6) is 1.14. The van der Waals surface area contributed by atoms with Gasteiger partial charge >= 0.3 is 0 Å². The SMILES string of the molecule is Cc1cc(C)c(-c2c(C)c(C)n3c(NCCNC4CCCC4)cc(C)nc23)c(C)c1. The highest BCUT2D eigenvalue weighted by Gasteiger charge is 2.21. The Bertz CT molecular complexity index is 1050. The van der Waals surface area contributed by atoms with Crippen molar-refractivity contribution in [3.05, 3.63) is 51.8 Å². The Kier molecular flexibility index (Phi) is 5.88. The second-order valence-corrected chi connectivity index (χ2v) is 9.16. The van der Waals surface area contributed by atoms with Crippen molar-refractivity contribution in [2.24, 2.45) is 0 Å². The van der Waals surface area contributed by atoms with Gasteiger partial charge in [0.1, 0.15) is 11.5 Å². The number of nitrogens with zero attached hydrogens (tertiary/aromatic N) is 2. The van der Waals surface area contributed by atoms with Gasteiger partial charge in [0, 0.05) is 42.1 Å². The maximum atomic E-state index is 5.00. The molecule has 0 bridgehead atoms. The Morgan fingerprint density at radius 2 is 1.57 bits per heavy atom. The number of anilines is 1. The number of hydrogen-bond acceptors (Lipinski definition) is 3. The van der Waals surface area contributed by atoms with Gasteiger partial charge in [-0.2, -0.15) is 0 Å². The van der Waals surface area contributed by atoms with E-state index in [4.69, 9.17) is 4.98 Å². The molecule has 1 aromatic carbocycles. The van der Waals surface area contributed by atoms with Crippen LogP contribution in [0.5, 0.6) is 0 Å². The summed E-state index contributed by atoms with van der Waals surface area (Å²) >= 11 is 0. The van der Waals surface area contributed by atoms with Crippen LogP contribution in [-0.2, 0) is 0 Å². The lowest BCUT2D eigenvalue weighted by atomic mass is 9.93. The van der Waals surface area contributed by atoms with Crippen LogP contribution in [0.25, 0.3) is 16.8 Å². The van der Waals surface area contributed by atoms with Gasteiger partial charge in [-0.15, -0.1) is 0 Å². The normalized spacial score (nSPS) is 14.7. The Hall–Kier alpha value is -2.33. The van der Waals surface area contributed by atoms with E-state index in [1.54, 1.807) is 0 Å². The summed E-state index contributed by atoms with van der Waals surface area (Å²) in [6.07, 6.45) is 5.40. The highest BCUT2D eigenvalue weighted by Crippen LogP contribution is 2.38. The number of rotatable bonds is 6. The first-order valence-corrected chi connectivity index (χ1v) is 11.4. The van der Waals surface area contributed by atoms with Crippen LogP contribution in [0, 0.1) is 41.5 Å². The average molecular weight is 405 g/mol. The van der Waals surface area contributed by atoms with E-state index in [0.717, 1.165) is 30.2 Å². The van der Waals surface area contributed by atoms with E-state index in [2.05, 4.69) is 74.8 Å². The third kappa shape index (κ3) is 3.85. The molecular weight excluding hydrogens is 368 g/mol. The number of aromatic nitrogens is 2. The molecule has 0 unspecified atom stereocenters. The van der Waals surface area contributed by atoms with E-state index in [0.29, 0.717) is 6.04 Å². The van der Waals surface area contributed by atoms with Crippen molar-refractivity contribution in [2.45, 2.75) is 73.3 Å². The maximum Gasteiger partial charge on any atom is 0.146 e. The van der Waals surface area contributed by atoms with Gasteiger partial charge in [0.15, 0.2) is 0 Å². The molecule has 0 amide bonds. The van der Waals surface area contributed by atoms with Crippen molar-refractivity contribution in [2.75, 3.05) is 18.4 Å². The fourth-order valence-electron chi connectivity index (χ4n) is 5.25. The van der Waals surface area contributed by atoms with Crippen LogP contribution < -0.4 is 10.6 Å². The predicted octanol–water partition coefficient (Wildman–Crippen LogP) is 5.80. The average Bonchev–Trinajstić information content (AvgIpc) is 3.27. The molecule has 1 fully saturated rings. The lowest BCUT2D eigenvalue weighted by Gasteiger charge is -2.15. The van der Waals surface area contributed by atoms with E-state index in [9.17, 15) is 0 Å². The third-order valence-electron chi connectivity index (χ3n) is 6.70. The third-order valence-corrected chi connectivity index (χ3v) is 6.70. The van der Waals surface area contributed by atoms with E-state index >= 15 is 0 Å². The molecule has 1 aliphatic rings. The first-order chi connectivity index (χ1) is 14.4. The lowest BCUT2D eigenvalue weighted by molar-refractivity contribution is 0.536. The summed E-state index contributed by atoms with van der Waals surface area (Å²) in [5, 5.41) is 7.39. The van der Waals surface area contributed by atoms with Crippen LogP contribution in [0.2, 0.25) is 0 Å². The fraction of sp³-hybridized carbons (Fsp3) is 0.500. The molecule has 30 heavy (non-hydrogen) atoms. The molecule has 0 saturated heterocycles. The molecule has 1 saturated carbocycles. The van der Waals surface area contributed by atoms with Gasteiger partial charge in [0.2, 0.25) is 0 Å². The van der Waals surface area contributed by atoms with Gasteiger partial charge < -0.3 is 10.6 Å². The minimum Gasteiger partial charge on any atom is -0.370 e. The van der Waals surface area contributed by atoms with Crippen molar-refractivity contribution in [1.29, 1.82) is 0 Å². The number of fused-ring (bicyclic) bond motifs is 1. The molecule has 2 heterocycles. The Morgan fingerprint density at radius 1 is 0.900 bits per heavy atom. The molecule has 4 heteroatoms. The topological polar surface area (TPSA) is 41.4 Å². The summed E-state index contributed by atoms with van der Waals surface area (Å²) in [5.41, 5.74) is 11.2. The Labute approximate surface area is 181 Å². The van der Waals surface area contributed by atoms with Crippen LogP contribution in [0.15, 0.2) is 18.2 Å². The zero-order chi connectivity index (χ0) is 21.4. The molecular formula is C26H36N4. The molecule has 0 atom stereocenters. The molecule has 4 nitrogen and oxygen atoms in total. The maximum absolute atomic E-state index is 5.00. The van der Waals surface area contributed by atoms with Gasteiger partial charge in [-0.3, -0.25) is 4.40 Å². The largest absolute Gasteiger partial charge is 0.370 e. The number of nitrogens with one attached hydrogen (secondary N) is 2. The lowest BCUT2D eigenvalue weighted by Crippen LogP contribution is -2.31. The van der Waals surface area contributed by atoms with Crippen molar-refractivity contribution in [3.63, 3.8) is 0 Å². The quantitative estimate of drug-likeness (QED) is 0.511. The van der Waals surface area contributed by atoms with Gasteiger partial charge in [0.05, 0.1) is 0 Å². The molecule has 4 rings (SSSR count). The zero-order valence-corrected chi connectivity index (χ0v) is 19.4. The highest BCUT2D eigenvalue weighted by molar-refractivity contribution is 5.87.